The van der Waals surface area contributed by atoms with Gasteiger partial charge in [0.2, 0.25) is 6.08 Å². The van der Waals surface area contributed by atoms with E-state index in [1.807, 2.05) is 0 Å². The van der Waals surface area contributed by atoms with E-state index in [9.17, 15) is 4.79 Å². The Morgan fingerprint density at radius 3 is 2.77 bits per heavy atom. The van der Waals surface area contributed by atoms with Crippen LogP contribution in [0.25, 0.3) is 0 Å². The topological polar surface area (TPSA) is 29.4 Å². The number of hydrogen-bond donors (Lipinski definition) is 0. The zero-order valence-corrected chi connectivity index (χ0v) is 9.54. The molecule has 13 heavy (non-hydrogen) atoms. The second kappa shape index (κ2) is 3.05. The molecule has 1 fully saturated rings. The number of nitrogens with zero attached hydrogens (tertiary/aromatic N) is 1. The molecule has 2 rings (SSSR count). The first kappa shape index (κ1) is 9.13. The Labute approximate surface area is 88.8 Å². The molecule has 1 saturated carbocycles. The maximum absolute atomic E-state index is 10.2. The van der Waals surface area contributed by atoms with Gasteiger partial charge in [0.25, 0.3) is 0 Å². The summed E-state index contributed by atoms with van der Waals surface area (Å²) in [5, 5.41) is 0. The van der Waals surface area contributed by atoms with Crippen LogP contribution in [-0.4, -0.2) is 6.08 Å². The van der Waals surface area contributed by atoms with Crippen molar-refractivity contribution in [2.24, 2.45) is 4.99 Å². The van der Waals surface area contributed by atoms with Gasteiger partial charge in [-0.25, -0.2) is 4.79 Å². The monoisotopic (exact) mass is 257 g/mol. The predicted octanol–water partition coefficient (Wildman–Crippen LogP) is 3.14. The van der Waals surface area contributed by atoms with E-state index in [4.69, 9.17) is 0 Å². The smallest absolute Gasteiger partial charge is 0.211 e. The Kier molecular flexibility index (Phi) is 2.14. The van der Waals surface area contributed by atoms with Gasteiger partial charge in [-0.2, -0.15) is 4.99 Å². The lowest BCUT2D eigenvalue weighted by molar-refractivity contribution is 0.557. The summed E-state index contributed by atoms with van der Waals surface area (Å²) in [5.41, 5.74) is -0.205. The molecule has 0 aliphatic heterocycles. The van der Waals surface area contributed by atoms with Crippen molar-refractivity contribution in [1.29, 1.82) is 0 Å². The minimum absolute atomic E-state index is 0.205. The van der Waals surface area contributed by atoms with Crippen LogP contribution in [0.4, 0.5) is 0 Å². The number of hydrogen-bond acceptors (Lipinski definition) is 3. The lowest BCUT2D eigenvalue weighted by Gasteiger charge is -2.01. The first-order valence-corrected chi connectivity index (χ1v) is 5.64. The van der Waals surface area contributed by atoms with Gasteiger partial charge < -0.3 is 0 Å². The largest absolute Gasteiger partial charge is 0.235 e. The van der Waals surface area contributed by atoms with Gasteiger partial charge in [-0.3, -0.25) is 0 Å². The van der Waals surface area contributed by atoms with Crippen molar-refractivity contribution >= 4 is 33.3 Å². The summed E-state index contributed by atoms with van der Waals surface area (Å²) in [5.74, 6) is 0. The van der Waals surface area contributed by atoms with Crippen LogP contribution in [0.5, 0.6) is 0 Å². The molecule has 0 bridgehead atoms. The van der Waals surface area contributed by atoms with Crippen LogP contribution in [-0.2, 0) is 10.3 Å². The molecular weight excluding hydrogens is 250 g/mol. The maximum Gasteiger partial charge on any atom is 0.235 e. The van der Waals surface area contributed by atoms with Crippen molar-refractivity contribution in [2.45, 2.75) is 25.3 Å². The first-order chi connectivity index (χ1) is 6.18. The second-order valence-corrected chi connectivity index (χ2v) is 5.36. The minimum atomic E-state index is -0.205. The number of thiophene rings is 1. The van der Waals surface area contributed by atoms with Crippen LogP contribution in [0.1, 0.15) is 22.6 Å². The zero-order chi connectivity index (χ0) is 9.47. The molecule has 2 nitrogen and oxygen atoms in total. The molecule has 0 radical (unpaired) electrons. The summed E-state index contributed by atoms with van der Waals surface area (Å²) in [6.07, 6.45) is 3.63. The van der Waals surface area contributed by atoms with Gasteiger partial charge in [0, 0.05) is 14.2 Å². The normalized spacial score (nSPS) is 18.0. The molecule has 1 aliphatic rings. The van der Waals surface area contributed by atoms with Crippen LogP contribution >= 0.6 is 27.3 Å². The average molecular weight is 258 g/mol. The Bertz CT molecular complexity index is 369. The van der Waals surface area contributed by atoms with Crippen LogP contribution in [0.2, 0.25) is 0 Å². The molecule has 1 aromatic rings. The molecule has 1 heterocycles. The molecule has 0 spiro atoms. The van der Waals surface area contributed by atoms with Crippen LogP contribution in [0.3, 0.4) is 0 Å². The van der Waals surface area contributed by atoms with Gasteiger partial charge in [0.1, 0.15) is 5.54 Å². The fourth-order valence-corrected chi connectivity index (χ4v) is 3.03. The average Bonchev–Trinajstić information content (AvgIpc) is 2.78. The standard InChI is InChI=1S/C9H8BrNOS/c1-6-7(10)4-8(13-6)9(2-3-9)11-5-12/h4H,2-3H2,1H3. The molecule has 0 amide bonds. The Morgan fingerprint density at radius 1 is 1.69 bits per heavy atom. The number of isocyanates is 1. The molecule has 68 valence electrons. The van der Waals surface area contributed by atoms with Crippen LogP contribution in [0.15, 0.2) is 15.5 Å². The molecule has 1 aliphatic carbocycles. The maximum atomic E-state index is 10.2. The van der Waals surface area contributed by atoms with E-state index < -0.39 is 0 Å². The fraction of sp³-hybridized carbons (Fsp3) is 0.444. The van der Waals surface area contributed by atoms with Gasteiger partial charge >= 0.3 is 0 Å². The van der Waals surface area contributed by atoms with Crippen molar-refractivity contribution < 1.29 is 4.79 Å². The third-order valence-corrected chi connectivity index (χ3v) is 4.63. The number of halogens is 1. The summed E-state index contributed by atoms with van der Waals surface area (Å²) in [7, 11) is 0. The van der Waals surface area contributed by atoms with Crippen molar-refractivity contribution in [3.63, 3.8) is 0 Å². The van der Waals surface area contributed by atoms with E-state index >= 15 is 0 Å². The summed E-state index contributed by atoms with van der Waals surface area (Å²) >= 11 is 5.16. The van der Waals surface area contributed by atoms with Crippen LogP contribution < -0.4 is 0 Å². The molecule has 0 N–H and O–H groups in total. The summed E-state index contributed by atoms with van der Waals surface area (Å²) < 4.78 is 1.11. The van der Waals surface area contributed by atoms with Gasteiger partial charge in [-0.15, -0.1) is 11.3 Å². The zero-order valence-electron chi connectivity index (χ0n) is 7.13. The number of aliphatic imine (C=N–C) groups is 1. The Hall–Kier alpha value is -0.440. The summed E-state index contributed by atoms with van der Waals surface area (Å²) in [6.45, 7) is 2.05. The number of rotatable bonds is 2. The third kappa shape index (κ3) is 1.50. The highest BCUT2D eigenvalue weighted by Gasteiger charge is 2.46. The van der Waals surface area contributed by atoms with E-state index in [1.165, 1.54) is 9.75 Å². The van der Waals surface area contributed by atoms with Crippen molar-refractivity contribution in [3.05, 3.63) is 20.3 Å². The van der Waals surface area contributed by atoms with E-state index in [-0.39, 0.29) is 5.54 Å². The lowest BCUT2D eigenvalue weighted by atomic mass is 10.2. The number of carbonyl (C=O) groups excluding carboxylic acids is 1. The molecule has 0 atom stereocenters. The van der Waals surface area contributed by atoms with Crippen LogP contribution in [0, 0.1) is 6.92 Å². The molecule has 4 heteroatoms. The van der Waals surface area contributed by atoms with Crippen molar-refractivity contribution in [2.75, 3.05) is 0 Å². The summed E-state index contributed by atoms with van der Waals surface area (Å²) in [4.78, 5) is 16.5. The molecule has 1 aromatic heterocycles. The van der Waals surface area contributed by atoms with Gasteiger partial charge in [0.15, 0.2) is 0 Å². The first-order valence-electron chi connectivity index (χ1n) is 4.03. The highest BCUT2D eigenvalue weighted by atomic mass is 79.9. The molecule has 0 unspecified atom stereocenters. The van der Waals surface area contributed by atoms with Gasteiger partial charge in [0.05, 0.1) is 0 Å². The minimum Gasteiger partial charge on any atom is -0.211 e. The quantitative estimate of drug-likeness (QED) is 0.591. The molecular formula is C9H8BrNOS. The highest BCUT2D eigenvalue weighted by molar-refractivity contribution is 9.10. The third-order valence-electron chi connectivity index (χ3n) is 2.30. The van der Waals surface area contributed by atoms with E-state index in [1.54, 1.807) is 17.4 Å². The van der Waals surface area contributed by atoms with Crippen molar-refractivity contribution in [3.8, 4) is 0 Å². The van der Waals surface area contributed by atoms with E-state index in [0.29, 0.717) is 0 Å². The molecule has 0 aromatic carbocycles. The SMILES string of the molecule is Cc1sc(C2(N=C=O)CC2)cc1Br. The lowest BCUT2D eigenvalue weighted by Crippen LogP contribution is -1.97. The highest BCUT2D eigenvalue weighted by Crippen LogP contribution is 2.52. The fourth-order valence-electron chi connectivity index (χ4n) is 1.31. The summed E-state index contributed by atoms with van der Waals surface area (Å²) in [6, 6.07) is 2.06. The van der Waals surface area contributed by atoms with E-state index in [2.05, 4.69) is 33.9 Å². The van der Waals surface area contributed by atoms with Crippen molar-refractivity contribution in [1.82, 2.24) is 0 Å². The Balaban J connectivity index is 2.40. The van der Waals surface area contributed by atoms with Gasteiger partial charge in [-0.05, 0) is 41.8 Å². The second-order valence-electron chi connectivity index (χ2n) is 3.25. The predicted molar refractivity (Wildman–Crippen MR) is 55.8 cm³/mol. The van der Waals surface area contributed by atoms with Gasteiger partial charge in [-0.1, -0.05) is 0 Å². The van der Waals surface area contributed by atoms with E-state index in [0.717, 1.165) is 17.3 Å². The Morgan fingerprint density at radius 2 is 2.38 bits per heavy atom. The molecule has 0 saturated heterocycles. The number of aryl methyl sites for hydroxylation is 1.